The van der Waals surface area contributed by atoms with E-state index in [0.717, 1.165) is 0 Å². The summed E-state index contributed by atoms with van der Waals surface area (Å²) in [5.74, 6) is 0.530. The number of aliphatic hydroxyl groups excluding tert-OH is 1. The van der Waals surface area contributed by atoms with E-state index in [1.165, 1.54) is 14.2 Å². The van der Waals surface area contributed by atoms with Crippen LogP contribution in [0.3, 0.4) is 0 Å². The second-order valence-corrected chi connectivity index (χ2v) is 3.64. The van der Waals surface area contributed by atoms with Crippen molar-refractivity contribution in [2.75, 3.05) is 20.8 Å². The molecule has 5 nitrogen and oxygen atoms in total. The largest absolute Gasteiger partial charge is 0.497 e. The van der Waals surface area contributed by atoms with Crippen molar-refractivity contribution < 1.29 is 19.4 Å². The van der Waals surface area contributed by atoms with Gasteiger partial charge in [-0.3, -0.25) is 4.79 Å². The number of aliphatic hydroxyl groups is 1. The number of nitrogens with two attached hydrogens (primary N) is 1. The number of hydrogen-bond donors (Lipinski definition) is 2. The Balaban J connectivity index is 3.27. The number of Topliss-reactive ketones (excluding diaryl/α,β-unsaturated/α-hetero) is 1. The molecule has 0 radical (unpaired) electrons. The van der Waals surface area contributed by atoms with Gasteiger partial charge < -0.3 is 20.3 Å². The van der Waals surface area contributed by atoms with Crippen LogP contribution in [0.5, 0.6) is 11.5 Å². The summed E-state index contributed by atoms with van der Waals surface area (Å²) in [4.78, 5) is 11.9. The van der Waals surface area contributed by atoms with E-state index in [1.54, 1.807) is 19.1 Å². The van der Waals surface area contributed by atoms with Crippen LogP contribution in [0.4, 0.5) is 0 Å². The van der Waals surface area contributed by atoms with Crippen molar-refractivity contribution in [2.24, 2.45) is 5.73 Å². The molecule has 1 aromatic carbocycles. The lowest BCUT2D eigenvalue weighted by Gasteiger charge is -2.14. The molecule has 1 unspecified atom stereocenters. The van der Waals surface area contributed by atoms with E-state index < -0.39 is 11.9 Å². The summed E-state index contributed by atoms with van der Waals surface area (Å²) < 4.78 is 10.2. The molecule has 0 spiro atoms. The Morgan fingerprint density at radius 3 is 2.53 bits per heavy atom. The maximum atomic E-state index is 11.9. The monoisotopic (exact) mass is 239 g/mol. The van der Waals surface area contributed by atoms with Crippen LogP contribution in [-0.4, -0.2) is 37.8 Å². The van der Waals surface area contributed by atoms with Crippen LogP contribution in [0.2, 0.25) is 0 Å². The van der Waals surface area contributed by atoms with Gasteiger partial charge in [0.2, 0.25) is 0 Å². The third-order valence-electron chi connectivity index (χ3n) is 2.50. The Kier molecular flexibility index (Phi) is 4.48. The molecule has 0 aliphatic carbocycles. The van der Waals surface area contributed by atoms with Crippen LogP contribution in [0, 0.1) is 6.92 Å². The summed E-state index contributed by atoms with van der Waals surface area (Å²) in [5.41, 5.74) is 6.29. The predicted octanol–water partition coefficient (Wildman–Crippen LogP) is 0.515. The Morgan fingerprint density at radius 1 is 1.41 bits per heavy atom. The highest BCUT2D eigenvalue weighted by Gasteiger charge is 2.22. The van der Waals surface area contributed by atoms with Gasteiger partial charge in [-0.1, -0.05) is 0 Å². The normalized spacial score (nSPS) is 12.1. The maximum Gasteiger partial charge on any atom is 0.196 e. The zero-order valence-corrected chi connectivity index (χ0v) is 10.2. The Morgan fingerprint density at radius 2 is 2.06 bits per heavy atom. The predicted molar refractivity (Wildman–Crippen MR) is 63.7 cm³/mol. The van der Waals surface area contributed by atoms with Crippen LogP contribution in [0.1, 0.15) is 15.9 Å². The van der Waals surface area contributed by atoms with Crippen molar-refractivity contribution in [2.45, 2.75) is 13.0 Å². The molecule has 0 saturated carbocycles. The third kappa shape index (κ3) is 2.75. The molecule has 0 heterocycles. The first-order valence-corrected chi connectivity index (χ1v) is 5.20. The highest BCUT2D eigenvalue weighted by atomic mass is 16.5. The van der Waals surface area contributed by atoms with E-state index in [4.69, 9.17) is 15.2 Å². The Hall–Kier alpha value is -1.59. The molecular formula is C12H17NO4. The first-order valence-electron chi connectivity index (χ1n) is 5.20. The summed E-state index contributed by atoms with van der Waals surface area (Å²) in [6.45, 7) is 1.63. The fourth-order valence-electron chi connectivity index (χ4n) is 1.59. The maximum absolute atomic E-state index is 11.9. The average molecular weight is 239 g/mol. The number of carbonyl (C=O) groups excluding carboxylic acids is 1. The first-order chi connectivity index (χ1) is 8.04. The smallest absolute Gasteiger partial charge is 0.196 e. The number of rotatable bonds is 5. The van der Waals surface area contributed by atoms with Gasteiger partial charge in [-0.05, 0) is 18.6 Å². The van der Waals surface area contributed by atoms with E-state index in [9.17, 15) is 9.90 Å². The molecule has 0 amide bonds. The first kappa shape index (κ1) is 13.5. The Bertz CT molecular complexity index is 417. The number of methoxy groups -OCH3 is 2. The van der Waals surface area contributed by atoms with Crippen molar-refractivity contribution >= 4 is 5.78 Å². The van der Waals surface area contributed by atoms with Gasteiger partial charge in [0.1, 0.15) is 17.6 Å². The topological polar surface area (TPSA) is 81.8 Å². The van der Waals surface area contributed by atoms with Crippen LogP contribution < -0.4 is 15.2 Å². The fourth-order valence-corrected chi connectivity index (χ4v) is 1.59. The number of ketones is 1. The molecule has 0 saturated heterocycles. The standard InChI is InChI=1S/C12H17NO4/c1-7-4-8(16-2)5-10(17-3)11(7)12(15)9(14)6-13/h4-5,9,14H,6,13H2,1-3H3. The summed E-state index contributed by atoms with van der Waals surface area (Å²) in [6, 6.07) is 3.31. The van der Waals surface area contributed by atoms with E-state index in [0.29, 0.717) is 22.6 Å². The van der Waals surface area contributed by atoms with Crippen LogP contribution in [0.25, 0.3) is 0 Å². The molecule has 0 bridgehead atoms. The second kappa shape index (κ2) is 5.65. The second-order valence-electron chi connectivity index (χ2n) is 3.64. The molecule has 0 aliphatic heterocycles. The lowest BCUT2D eigenvalue weighted by Crippen LogP contribution is -2.30. The van der Waals surface area contributed by atoms with Gasteiger partial charge in [0.05, 0.1) is 19.8 Å². The van der Waals surface area contributed by atoms with Gasteiger partial charge in [-0.15, -0.1) is 0 Å². The summed E-state index contributed by atoms with van der Waals surface area (Å²) >= 11 is 0. The number of hydrogen-bond acceptors (Lipinski definition) is 5. The molecule has 1 atom stereocenters. The molecule has 17 heavy (non-hydrogen) atoms. The molecule has 0 aromatic heterocycles. The zero-order chi connectivity index (χ0) is 13.0. The van der Waals surface area contributed by atoms with Gasteiger partial charge in [0, 0.05) is 12.6 Å². The van der Waals surface area contributed by atoms with Crippen LogP contribution >= 0.6 is 0 Å². The molecular weight excluding hydrogens is 222 g/mol. The number of carbonyl (C=O) groups is 1. The van der Waals surface area contributed by atoms with Gasteiger partial charge >= 0.3 is 0 Å². The molecule has 0 aliphatic rings. The number of benzene rings is 1. The van der Waals surface area contributed by atoms with Crippen molar-refractivity contribution in [1.29, 1.82) is 0 Å². The summed E-state index contributed by atoms with van der Waals surface area (Å²) in [5, 5.41) is 9.49. The molecule has 1 rings (SSSR count). The van der Waals surface area contributed by atoms with E-state index in [2.05, 4.69) is 0 Å². The lowest BCUT2D eigenvalue weighted by atomic mass is 9.99. The lowest BCUT2D eigenvalue weighted by molar-refractivity contribution is 0.0759. The fraction of sp³-hybridized carbons (Fsp3) is 0.417. The molecule has 3 N–H and O–H groups in total. The van der Waals surface area contributed by atoms with Crippen molar-refractivity contribution in [3.8, 4) is 11.5 Å². The minimum Gasteiger partial charge on any atom is -0.497 e. The van der Waals surface area contributed by atoms with E-state index in [1.807, 2.05) is 0 Å². The average Bonchev–Trinajstić information content (AvgIpc) is 2.35. The quantitative estimate of drug-likeness (QED) is 0.732. The minimum absolute atomic E-state index is 0.118. The van der Waals surface area contributed by atoms with E-state index >= 15 is 0 Å². The highest BCUT2D eigenvalue weighted by molar-refractivity contribution is 6.03. The van der Waals surface area contributed by atoms with Gasteiger partial charge in [0.25, 0.3) is 0 Å². The minimum atomic E-state index is -1.21. The number of ether oxygens (including phenoxy) is 2. The summed E-state index contributed by atoms with van der Waals surface area (Å²) in [7, 11) is 2.99. The van der Waals surface area contributed by atoms with Crippen molar-refractivity contribution in [3.63, 3.8) is 0 Å². The molecule has 1 aromatic rings. The third-order valence-corrected chi connectivity index (χ3v) is 2.50. The van der Waals surface area contributed by atoms with Crippen molar-refractivity contribution in [3.05, 3.63) is 23.3 Å². The van der Waals surface area contributed by atoms with Crippen LogP contribution in [-0.2, 0) is 0 Å². The SMILES string of the molecule is COc1cc(C)c(C(=O)C(O)CN)c(OC)c1. The van der Waals surface area contributed by atoms with E-state index in [-0.39, 0.29) is 6.54 Å². The van der Waals surface area contributed by atoms with Crippen LogP contribution in [0.15, 0.2) is 12.1 Å². The molecule has 94 valence electrons. The zero-order valence-electron chi connectivity index (χ0n) is 10.2. The number of aryl methyl sites for hydroxylation is 1. The van der Waals surface area contributed by atoms with Gasteiger partial charge in [-0.25, -0.2) is 0 Å². The summed E-state index contributed by atoms with van der Waals surface area (Å²) in [6.07, 6.45) is -1.21. The van der Waals surface area contributed by atoms with Crippen molar-refractivity contribution in [1.82, 2.24) is 0 Å². The molecule has 5 heteroatoms. The highest BCUT2D eigenvalue weighted by Crippen LogP contribution is 2.29. The molecule has 0 fully saturated rings. The Labute approximate surface area is 100 Å². The van der Waals surface area contributed by atoms with Gasteiger partial charge in [0.15, 0.2) is 5.78 Å². The van der Waals surface area contributed by atoms with Gasteiger partial charge in [-0.2, -0.15) is 0 Å².